The Balaban J connectivity index is 1.69. The zero-order chi connectivity index (χ0) is 14.7. The Kier molecular flexibility index (Phi) is 4.31. The SMILES string of the molecule is CC(N)(c1ccccc1)c1nc(CSC2CCCC2)no1. The fourth-order valence-corrected chi connectivity index (χ4v) is 3.85. The van der Waals surface area contributed by atoms with Gasteiger partial charge in [0, 0.05) is 5.25 Å². The minimum Gasteiger partial charge on any atom is -0.337 e. The van der Waals surface area contributed by atoms with Crippen LogP contribution in [-0.4, -0.2) is 15.4 Å². The average Bonchev–Trinajstić information content (AvgIpc) is 3.18. The van der Waals surface area contributed by atoms with E-state index >= 15 is 0 Å². The van der Waals surface area contributed by atoms with Gasteiger partial charge in [-0.05, 0) is 25.3 Å². The van der Waals surface area contributed by atoms with Crippen LogP contribution in [0.1, 0.15) is 49.9 Å². The van der Waals surface area contributed by atoms with Crippen molar-refractivity contribution in [3.05, 3.63) is 47.6 Å². The lowest BCUT2D eigenvalue weighted by atomic mass is 9.93. The van der Waals surface area contributed by atoms with Crippen LogP contribution in [0.3, 0.4) is 0 Å². The molecule has 1 aliphatic rings. The first-order chi connectivity index (χ1) is 10.2. The first-order valence-electron chi connectivity index (χ1n) is 7.45. The van der Waals surface area contributed by atoms with Crippen LogP contribution >= 0.6 is 11.8 Å². The molecule has 1 aromatic heterocycles. The van der Waals surface area contributed by atoms with E-state index in [9.17, 15) is 0 Å². The van der Waals surface area contributed by atoms with Crippen molar-refractivity contribution in [1.82, 2.24) is 10.1 Å². The summed E-state index contributed by atoms with van der Waals surface area (Å²) in [5.41, 5.74) is 6.62. The molecule has 2 N–H and O–H groups in total. The van der Waals surface area contributed by atoms with E-state index in [0.717, 1.165) is 22.4 Å². The molecule has 21 heavy (non-hydrogen) atoms. The zero-order valence-electron chi connectivity index (χ0n) is 12.3. The lowest BCUT2D eigenvalue weighted by Crippen LogP contribution is -2.34. The van der Waals surface area contributed by atoms with E-state index in [1.54, 1.807) is 0 Å². The van der Waals surface area contributed by atoms with Crippen LogP contribution in [0.5, 0.6) is 0 Å². The third-order valence-electron chi connectivity index (χ3n) is 4.04. The molecular formula is C16H21N3OS. The summed E-state index contributed by atoms with van der Waals surface area (Å²) in [6, 6.07) is 9.87. The largest absolute Gasteiger partial charge is 0.337 e. The molecule has 1 fully saturated rings. The molecule has 1 unspecified atom stereocenters. The molecule has 0 aliphatic heterocycles. The first-order valence-corrected chi connectivity index (χ1v) is 8.50. The van der Waals surface area contributed by atoms with E-state index in [1.165, 1.54) is 25.7 Å². The predicted molar refractivity (Wildman–Crippen MR) is 84.9 cm³/mol. The van der Waals surface area contributed by atoms with Crippen LogP contribution in [0.25, 0.3) is 0 Å². The Labute approximate surface area is 129 Å². The van der Waals surface area contributed by atoms with Crippen LogP contribution in [0.2, 0.25) is 0 Å². The zero-order valence-corrected chi connectivity index (χ0v) is 13.1. The van der Waals surface area contributed by atoms with Gasteiger partial charge in [0.2, 0.25) is 0 Å². The Bertz CT molecular complexity index is 576. The lowest BCUT2D eigenvalue weighted by molar-refractivity contribution is 0.323. The highest BCUT2D eigenvalue weighted by atomic mass is 32.2. The molecule has 2 aromatic rings. The quantitative estimate of drug-likeness (QED) is 0.916. The number of hydrogen-bond donors (Lipinski definition) is 1. The second-order valence-electron chi connectivity index (χ2n) is 5.80. The molecule has 0 bridgehead atoms. The number of nitrogens with zero attached hydrogens (tertiary/aromatic N) is 2. The molecule has 4 nitrogen and oxygen atoms in total. The molecule has 112 valence electrons. The predicted octanol–water partition coefficient (Wildman–Crippen LogP) is 3.47. The van der Waals surface area contributed by atoms with Crippen LogP contribution in [0.15, 0.2) is 34.9 Å². The number of rotatable bonds is 5. The van der Waals surface area contributed by atoms with E-state index in [1.807, 2.05) is 49.0 Å². The number of thioether (sulfide) groups is 1. The fraction of sp³-hybridized carbons (Fsp3) is 0.500. The van der Waals surface area contributed by atoms with Crippen molar-refractivity contribution in [2.45, 2.75) is 49.1 Å². The van der Waals surface area contributed by atoms with E-state index < -0.39 is 5.54 Å². The van der Waals surface area contributed by atoms with Gasteiger partial charge in [0.25, 0.3) is 5.89 Å². The molecular weight excluding hydrogens is 282 g/mol. The number of hydrogen-bond acceptors (Lipinski definition) is 5. The molecule has 1 saturated carbocycles. The molecule has 1 atom stereocenters. The maximum absolute atomic E-state index is 6.39. The van der Waals surface area contributed by atoms with Crippen molar-refractivity contribution in [1.29, 1.82) is 0 Å². The second-order valence-corrected chi connectivity index (χ2v) is 7.09. The molecule has 1 heterocycles. The first kappa shape index (κ1) is 14.6. The summed E-state index contributed by atoms with van der Waals surface area (Å²) in [7, 11) is 0. The van der Waals surface area contributed by atoms with Crippen molar-refractivity contribution < 1.29 is 4.52 Å². The van der Waals surface area contributed by atoms with Crippen molar-refractivity contribution in [2.75, 3.05) is 0 Å². The minimum atomic E-state index is -0.746. The third-order valence-corrected chi connectivity index (χ3v) is 5.40. The summed E-state index contributed by atoms with van der Waals surface area (Å²) in [6.45, 7) is 1.91. The number of nitrogens with two attached hydrogens (primary N) is 1. The van der Waals surface area contributed by atoms with Gasteiger partial charge in [0.15, 0.2) is 5.82 Å². The van der Waals surface area contributed by atoms with Gasteiger partial charge >= 0.3 is 0 Å². The Morgan fingerprint density at radius 3 is 2.71 bits per heavy atom. The topological polar surface area (TPSA) is 64.9 Å². The van der Waals surface area contributed by atoms with Gasteiger partial charge in [-0.1, -0.05) is 48.3 Å². The molecule has 1 aliphatic carbocycles. The number of benzene rings is 1. The monoisotopic (exact) mass is 303 g/mol. The minimum absolute atomic E-state index is 0.482. The van der Waals surface area contributed by atoms with Gasteiger partial charge in [0.05, 0.1) is 5.75 Å². The number of aromatic nitrogens is 2. The average molecular weight is 303 g/mol. The van der Waals surface area contributed by atoms with E-state index in [-0.39, 0.29) is 0 Å². The van der Waals surface area contributed by atoms with Gasteiger partial charge < -0.3 is 10.3 Å². The molecule has 0 amide bonds. The molecule has 3 rings (SSSR count). The van der Waals surface area contributed by atoms with Crippen molar-refractivity contribution >= 4 is 11.8 Å². The van der Waals surface area contributed by atoms with Crippen LogP contribution < -0.4 is 5.73 Å². The Hall–Kier alpha value is -1.33. The van der Waals surface area contributed by atoms with Crippen molar-refractivity contribution in [2.24, 2.45) is 5.73 Å². The van der Waals surface area contributed by atoms with Gasteiger partial charge in [-0.25, -0.2) is 0 Å². The fourth-order valence-electron chi connectivity index (χ4n) is 2.68. The lowest BCUT2D eigenvalue weighted by Gasteiger charge is -2.20. The second kappa shape index (κ2) is 6.20. The summed E-state index contributed by atoms with van der Waals surface area (Å²) in [6.07, 6.45) is 5.33. The molecule has 0 spiro atoms. The summed E-state index contributed by atoms with van der Waals surface area (Å²) < 4.78 is 5.40. The maximum atomic E-state index is 6.39. The van der Waals surface area contributed by atoms with E-state index in [4.69, 9.17) is 10.3 Å². The highest BCUT2D eigenvalue weighted by Gasteiger charge is 2.30. The van der Waals surface area contributed by atoms with Gasteiger partial charge in [-0.2, -0.15) is 16.7 Å². The maximum Gasteiger partial charge on any atom is 0.251 e. The summed E-state index contributed by atoms with van der Waals surface area (Å²) in [5, 5.41) is 4.84. The Morgan fingerprint density at radius 2 is 2.00 bits per heavy atom. The van der Waals surface area contributed by atoms with Crippen LogP contribution in [-0.2, 0) is 11.3 Å². The van der Waals surface area contributed by atoms with Gasteiger partial charge in [-0.3, -0.25) is 0 Å². The van der Waals surface area contributed by atoms with E-state index in [0.29, 0.717) is 5.89 Å². The molecule has 5 heteroatoms. The Morgan fingerprint density at radius 1 is 1.29 bits per heavy atom. The molecule has 0 saturated heterocycles. The van der Waals surface area contributed by atoms with Crippen molar-refractivity contribution in [3.8, 4) is 0 Å². The molecule has 0 radical (unpaired) electrons. The normalized spacial score (nSPS) is 18.8. The van der Waals surface area contributed by atoms with Crippen molar-refractivity contribution in [3.63, 3.8) is 0 Å². The summed E-state index contributed by atoms with van der Waals surface area (Å²) in [4.78, 5) is 4.50. The standard InChI is InChI=1S/C16H21N3OS/c1-16(17,12-7-3-2-4-8-12)15-18-14(19-20-15)11-21-13-9-5-6-10-13/h2-4,7-8,13H,5-6,9-11,17H2,1H3. The summed E-state index contributed by atoms with van der Waals surface area (Å²) in [5.74, 6) is 2.03. The van der Waals surface area contributed by atoms with E-state index in [2.05, 4.69) is 10.1 Å². The van der Waals surface area contributed by atoms with Crippen LogP contribution in [0, 0.1) is 0 Å². The van der Waals surface area contributed by atoms with Gasteiger partial charge in [-0.15, -0.1) is 0 Å². The third kappa shape index (κ3) is 3.30. The highest BCUT2D eigenvalue weighted by molar-refractivity contribution is 7.99. The summed E-state index contributed by atoms with van der Waals surface area (Å²) >= 11 is 1.93. The van der Waals surface area contributed by atoms with Crippen LogP contribution in [0.4, 0.5) is 0 Å². The highest BCUT2D eigenvalue weighted by Crippen LogP contribution is 2.31. The smallest absolute Gasteiger partial charge is 0.251 e. The molecule has 1 aromatic carbocycles. The van der Waals surface area contributed by atoms with Gasteiger partial charge in [0.1, 0.15) is 5.54 Å².